The molecule has 0 atom stereocenters. The zero-order valence-electron chi connectivity index (χ0n) is 11.1. The third kappa shape index (κ3) is 2.86. The number of methoxy groups -OCH3 is 1. The minimum Gasteiger partial charge on any atom is -0.495 e. The lowest BCUT2D eigenvalue weighted by molar-refractivity contribution is -0.120. The van der Waals surface area contributed by atoms with Gasteiger partial charge in [-0.15, -0.1) is 0 Å². The molecule has 1 aliphatic rings. The standard InChI is InChI=1S/C12H17N3O4S/c1-19-11-3-2-9(8-10(11)13)20(17,18)15-6-4-12(16)14-5-7-15/h2-3,8H,4-7,13H2,1H3,(H,14,16). The van der Waals surface area contributed by atoms with E-state index in [1.807, 2.05) is 0 Å². The van der Waals surface area contributed by atoms with Crippen molar-refractivity contribution in [1.82, 2.24) is 9.62 Å². The molecule has 0 radical (unpaired) electrons. The smallest absolute Gasteiger partial charge is 0.243 e. The lowest BCUT2D eigenvalue weighted by atomic mass is 10.3. The Morgan fingerprint density at radius 2 is 2.10 bits per heavy atom. The molecule has 0 spiro atoms. The van der Waals surface area contributed by atoms with E-state index in [1.165, 1.54) is 29.6 Å². The molecule has 1 aliphatic heterocycles. The molecule has 1 aromatic rings. The first-order valence-electron chi connectivity index (χ1n) is 6.15. The van der Waals surface area contributed by atoms with Gasteiger partial charge in [0.1, 0.15) is 5.75 Å². The van der Waals surface area contributed by atoms with E-state index in [4.69, 9.17) is 10.5 Å². The first-order chi connectivity index (χ1) is 9.45. The van der Waals surface area contributed by atoms with Crippen LogP contribution in [0.4, 0.5) is 5.69 Å². The number of nitrogens with zero attached hydrogens (tertiary/aromatic N) is 1. The van der Waals surface area contributed by atoms with E-state index in [0.29, 0.717) is 12.3 Å². The minimum atomic E-state index is -3.65. The van der Waals surface area contributed by atoms with Crippen molar-refractivity contribution in [3.05, 3.63) is 18.2 Å². The number of nitrogens with one attached hydrogen (secondary N) is 1. The van der Waals surface area contributed by atoms with E-state index in [-0.39, 0.29) is 36.0 Å². The first kappa shape index (κ1) is 14.6. The van der Waals surface area contributed by atoms with Gasteiger partial charge in [0.25, 0.3) is 0 Å². The highest BCUT2D eigenvalue weighted by Gasteiger charge is 2.27. The van der Waals surface area contributed by atoms with Crippen molar-refractivity contribution in [2.24, 2.45) is 0 Å². The molecule has 1 aromatic carbocycles. The monoisotopic (exact) mass is 299 g/mol. The Kier molecular flexibility index (Phi) is 4.15. The summed E-state index contributed by atoms with van der Waals surface area (Å²) in [6.07, 6.45) is 0.158. The summed E-state index contributed by atoms with van der Waals surface area (Å²) in [4.78, 5) is 11.4. The zero-order chi connectivity index (χ0) is 14.8. The van der Waals surface area contributed by atoms with Crippen LogP contribution in [-0.4, -0.2) is 45.4 Å². The minimum absolute atomic E-state index is 0.102. The fraction of sp³-hybridized carbons (Fsp3) is 0.417. The Morgan fingerprint density at radius 1 is 1.35 bits per heavy atom. The highest BCUT2D eigenvalue weighted by molar-refractivity contribution is 7.89. The van der Waals surface area contributed by atoms with Crippen LogP contribution in [-0.2, 0) is 14.8 Å². The summed E-state index contributed by atoms with van der Waals surface area (Å²) < 4.78 is 31.3. The molecule has 3 N–H and O–H groups in total. The topological polar surface area (TPSA) is 102 Å². The summed E-state index contributed by atoms with van der Waals surface area (Å²) in [6.45, 7) is 0.726. The summed E-state index contributed by atoms with van der Waals surface area (Å²) in [5.74, 6) is 0.286. The summed E-state index contributed by atoms with van der Waals surface area (Å²) in [5, 5.41) is 2.64. The van der Waals surface area contributed by atoms with Crippen LogP contribution in [0.3, 0.4) is 0 Å². The predicted octanol–water partition coefficient (Wildman–Crippen LogP) is -0.212. The van der Waals surface area contributed by atoms with Crippen LogP contribution < -0.4 is 15.8 Å². The molecule has 2 rings (SSSR count). The number of carbonyl (C=O) groups is 1. The molecule has 0 bridgehead atoms. The molecule has 0 aromatic heterocycles. The van der Waals surface area contributed by atoms with Gasteiger partial charge in [-0.25, -0.2) is 8.42 Å². The van der Waals surface area contributed by atoms with Gasteiger partial charge in [0, 0.05) is 26.1 Å². The number of carbonyl (C=O) groups excluding carboxylic acids is 1. The summed E-state index contributed by atoms with van der Waals surface area (Å²) in [7, 11) is -2.19. The molecule has 110 valence electrons. The average molecular weight is 299 g/mol. The highest BCUT2D eigenvalue weighted by Crippen LogP contribution is 2.26. The molecule has 1 heterocycles. The molecule has 0 unspecified atom stereocenters. The van der Waals surface area contributed by atoms with Gasteiger partial charge in [-0.1, -0.05) is 0 Å². The Bertz CT molecular complexity index is 615. The van der Waals surface area contributed by atoms with Gasteiger partial charge in [0.2, 0.25) is 15.9 Å². The maximum atomic E-state index is 12.5. The van der Waals surface area contributed by atoms with E-state index in [1.54, 1.807) is 0 Å². The number of hydrogen-bond acceptors (Lipinski definition) is 5. The molecule has 20 heavy (non-hydrogen) atoms. The van der Waals surface area contributed by atoms with Gasteiger partial charge in [0.15, 0.2) is 0 Å². The van der Waals surface area contributed by atoms with Crippen LogP contribution >= 0.6 is 0 Å². The Balaban J connectivity index is 2.29. The Hall–Kier alpha value is -1.80. The van der Waals surface area contributed by atoms with Crippen molar-refractivity contribution in [2.75, 3.05) is 32.5 Å². The number of ether oxygens (including phenoxy) is 1. The third-order valence-corrected chi connectivity index (χ3v) is 5.01. The van der Waals surface area contributed by atoms with Crippen molar-refractivity contribution in [3.63, 3.8) is 0 Å². The van der Waals surface area contributed by atoms with Crippen LogP contribution in [0, 0.1) is 0 Å². The van der Waals surface area contributed by atoms with E-state index >= 15 is 0 Å². The number of amides is 1. The lowest BCUT2D eigenvalue weighted by Crippen LogP contribution is -2.34. The summed E-state index contributed by atoms with van der Waals surface area (Å²) in [6, 6.07) is 4.34. The third-order valence-electron chi connectivity index (χ3n) is 3.11. The molecule has 8 heteroatoms. The van der Waals surface area contributed by atoms with Crippen LogP contribution in [0.2, 0.25) is 0 Å². The SMILES string of the molecule is COc1ccc(S(=O)(=O)N2CCNC(=O)CC2)cc1N. The normalized spacial score (nSPS) is 17.4. The van der Waals surface area contributed by atoms with Gasteiger partial charge < -0.3 is 15.8 Å². The van der Waals surface area contributed by atoms with Crippen molar-refractivity contribution in [3.8, 4) is 5.75 Å². The Labute approximate surface area is 117 Å². The molecule has 1 amide bonds. The highest BCUT2D eigenvalue weighted by atomic mass is 32.2. The van der Waals surface area contributed by atoms with Gasteiger partial charge in [-0.3, -0.25) is 4.79 Å². The summed E-state index contributed by atoms with van der Waals surface area (Å²) in [5.41, 5.74) is 6.00. The second-order valence-electron chi connectivity index (χ2n) is 4.41. The van der Waals surface area contributed by atoms with Crippen LogP contribution in [0.5, 0.6) is 5.75 Å². The fourth-order valence-electron chi connectivity index (χ4n) is 2.01. The lowest BCUT2D eigenvalue weighted by Gasteiger charge is -2.19. The van der Waals surface area contributed by atoms with Crippen molar-refractivity contribution >= 4 is 21.6 Å². The molecular weight excluding hydrogens is 282 g/mol. The van der Waals surface area contributed by atoms with Crippen molar-refractivity contribution < 1.29 is 17.9 Å². The van der Waals surface area contributed by atoms with Gasteiger partial charge >= 0.3 is 0 Å². The molecule has 0 aliphatic carbocycles. The van der Waals surface area contributed by atoms with E-state index in [2.05, 4.69) is 5.32 Å². The van der Waals surface area contributed by atoms with Gasteiger partial charge in [-0.05, 0) is 18.2 Å². The summed E-state index contributed by atoms with van der Waals surface area (Å²) >= 11 is 0. The van der Waals surface area contributed by atoms with Crippen molar-refractivity contribution in [1.29, 1.82) is 0 Å². The maximum absolute atomic E-state index is 12.5. The number of nitrogens with two attached hydrogens (primary N) is 1. The molecule has 0 saturated carbocycles. The van der Waals surface area contributed by atoms with Crippen LogP contribution in [0.15, 0.2) is 23.1 Å². The van der Waals surface area contributed by atoms with Gasteiger partial charge in [0.05, 0.1) is 17.7 Å². The largest absolute Gasteiger partial charge is 0.495 e. The predicted molar refractivity (Wildman–Crippen MR) is 73.8 cm³/mol. The quantitative estimate of drug-likeness (QED) is 0.752. The number of benzene rings is 1. The maximum Gasteiger partial charge on any atom is 0.243 e. The number of sulfonamides is 1. The molecule has 1 fully saturated rings. The number of anilines is 1. The second-order valence-corrected chi connectivity index (χ2v) is 6.35. The fourth-order valence-corrected chi connectivity index (χ4v) is 3.49. The van der Waals surface area contributed by atoms with Gasteiger partial charge in [-0.2, -0.15) is 4.31 Å². The van der Waals surface area contributed by atoms with E-state index in [0.717, 1.165) is 0 Å². The molecule has 7 nitrogen and oxygen atoms in total. The number of rotatable bonds is 3. The average Bonchev–Trinajstić information content (AvgIpc) is 2.63. The van der Waals surface area contributed by atoms with E-state index < -0.39 is 10.0 Å². The van der Waals surface area contributed by atoms with Crippen LogP contribution in [0.1, 0.15) is 6.42 Å². The molecule has 1 saturated heterocycles. The second kappa shape index (κ2) is 5.68. The zero-order valence-corrected chi connectivity index (χ0v) is 11.9. The Morgan fingerprint density at radius 3 is 2.75 bits per heavy atom. The first-order valence-corrected chi connectivity index (χ1v) is 7.59. The van der Waals surface area contributed by atoms with Crippen LogP contribution in [0.25, 0.3) is 0 Å². The van der Waals surface area contributed by atoms with E-state index in [9.17, 15) is 13.2 Å². The molecular formula is C12H17N3O4S. The number of nitrogen functional groups attached to an aromatic ring is 1. The van der Waals surface area contributed by atoms with Crippen molar-refractivity contribution in [2.45, 2.75) is 11.3 Å². The number of hydrogen-bond donors (Lipinski definition) is 2.